The van der Waals surface area contributed by atoms with E-state index in [0.29, 0.717) is 11.5 Å². The number of likely N-dealkylation sites (N-methyl/N-ethyl adjacent to an activating group) is 1. The molecule has 1 aliphatic rings. The summed E-state index contributed by atoms with van der Waals surface area (Å²) in [5.74, 6) is 0.407. The van der Waals surface area contributed by atoms with Crippen molar-refractivity contribution in [2.24, 2.45) is 0 Å². The molecule has 7 nitrogen and oxygen atoms in total. The van der Waals surface area contributed by atoms with Crippen LogP contribution >= 0.6 is 0 Å². The van der Waals surface area contributed by atoms with Gasteiger partial charge in [-0.15, -0.1) is 0 Å². The van der Waals surface area contributed by atoms with Crippen LogP contribution in [0.5, 0.6) is 0 Å². The Hall–Kier alpha value is -2.67. The zero-order valence-electron chi connectivity index (χ0n) is 15.4. The van der Waals surface area contributed by atoms with Crippen LogP contribution in [0, 0.1) is 0 Å². The van der Waals surface area contributed by atoms with E-state index in [0.717, 1.165) is 31.9 Å². The van der Waals surface area contributed by atoms with Gasteiger partial charge in [-0.2, -0.15) is 0 Å². The smallest absolute Gasteiger partial charge is 0.275 e. The van der Waals surface area contributed by atoms with Gasteiger partial charge in [0.05, 0.1) is 12.4 Å². The summed E-state index contributed by atoms with van der Waals surface area (Å²) in [4.78, 5) is 25.2. The van der Waals surface area contributed by atoms with E-state index in [4.69, 9.17) is 0 Å². The van der Waals surface area contributed by atoms with E-state index in [1.165, 1.54) is 24.7 Å². The van der Waals surface area contributed by atoms with Gasteiger partial charge >= 0.3 is 0 Å². The number of carbonyl (C=O) groups excluding carboxylic acids is 1. The molecular formula is C19H26N6O. The van der Waals surface area contributed by atoms with Crippen LogP contribution in [0.3, 0.4) is 0 Å². The highest BCUT2D eigenvalue weighted by Gasteiger charge is 2.13. The van der Waals surface area contributed by atoms with Crippen LogP contribution in [0.1, 0.15) is 23.3 Å². The van der Waals surface area contributed by atoms with E-state index in [9.17, 15) is 4.79 Å². The Balaban J connectivity index is 1.54. The number of aromatic nitrogens is 2. The molecule has 0 radical (unpaired) electrons. The molecule has 2 aromatic rings. The zero-order chi connectivity index (χ0) is 18.4. The third-order valence-electron chi connectivity index (χ3n) is 4.35. The fourth-order valence-corrected chi connectivity index (χ4v) is 2.87. The van der Waals surface area contributed by atoms with Crippen molar-refractivity contribution in [2.75, 3.05) is 55.8 Å². The highest BCUT2D eigenvalue weighted by Crippen LogP contribution is 2.22. The molecule has 0 spiro atoms. The Morgan fingerprint density at radius 3 is 2.46 bits per heavy atom. The van der Waals surface area contributed by atoms with Crippen molar-refractivity contribution in [3.63, 3.8) is 0 Å². The number of hydrogen-bond donors (Lipinski definition) is 2. The minimum absolute atomic E-state index is 0.258. The molecule has 0 aliphatic carbocycles. The molecule has 1 saturated heterocycles. The standard InChI is InChI=1S/C19H26N6O/c1-24(2)12-9-20-18-14-21-17(13-22-18)19(26)23-15-5-7-16(8-6-15)25-10-3-4-11-25/h5-8,13-14H,3-4,9-12H2,1-2H3,(H,20,22)(H,23,26). The quantitative estimate of drug-likeness (QED) is 0.795. The molecule has 1 aromatic heterocycles. The topological polar surface area (TPSA) is 73.4 Å². The number of anilines is 3. The van der Waals surface area contributed by atoms with Gasteiger partial charge in [0, 0.05) is 37.6 Å². The fourth-order valence-electron chi connectivity index (χ4n) is 2.87. The zero-order valence-corrected chi connectivity index (χ0v) is 15.4. The maximum Gasteiger partial charge on any atom is 0.275 e. The van der Waals surface area contributed by atoms with Gasteiger partial charge in [-0.1, -0.05) is 0 Å². The lowest BCUT2D eigenvalue weighted by Crippen LogP contribution is -2.21. The Kier molecular flexibility index (Phi) is 6.01. The molecule has 138 valence electrons. The summed E-state index contributed by atoms with van der Waals surface area (Å²) < 4.78 is 0. The summed E-state index contributed by atoms with van der Waals surface area (Å²) in [6, 6.07) is 7.95. The summed E-state index contributed by atoms with van der Waals surface area (Å²) in [5.41, 5.74) is 2.26. The minimum Gasteiger partial charge on any atom is -0.372 e. The number of carbonyl (C=O) groups is 1. The average Bonchev–Trinajstić information content (AvgIpc) is 3.17. The van der Waals surface area contributed by atoms with Gasteiger partial charge in [-0.25, -0.2) is 9.97 Å². The van der Waals surface area contributed by atoms with Crippen LogP contribution in [0.15, 0.2) is 36.7 Å². The van der Waals surface area contributed by atoms with Gasteiger partial charge in [0.15, 0.2) is 0 Å². The molecule has 3 rings (SSSR count). The number of amides is 1. The highest BCUT2D eigenvalue weighted by molar-refractivity contribution is 6.02. The Morgan fingerprint density at radius 1 is 1.12 bits per heavy atom. The Labute approximate surface area is 154 Å². The van der Waals surface area contributed by atoms with Crippen molar-refractivity contribution >= 4 is 23.1 Å². The first-order chi connectivity index (χ1) is 12.6. The Bertz CT molecular complexity index is 708. The molecule has 1 aliphatic heterocycles. The van der Waals surface area contributed by atoms with Crippen LogP contribution in [0.4, 0.5) is 17.2 Å². The molecule has 26 heavy (non-hydrogen) atoms. The lowest BCUT2D eigenvalue weighted by atomic mass is 10.2. The molecule has 7 heteroatoms. The molecule has 2 heterocycles. The van der Waals surface area contributed by atoms with Crippen molar-refractivity contribution in [2.45, 2.75) is 12.8 Å². The summed E-state index contributed by atoms with van der Waals surface area (Å²) >= 11 is 0. The summed E-state index contributed by atoms with van der Waals surface area (Å²) in [6.45, 7) is 3.89. The maximum absolute atomic E-state index is 12.3. The Morgan fingerprint density at radius 2 is 1.85 bits per heavy atom. The molecule has 0 unspecified atom stereocenters. The first-order valence-electron chi connectivity index (χ1n) is 8.99. The maximum atomic E-state index is 12.3. The number of nitrogens with zero attached hydrogens (tertiary/aromatic N) is 4. The van der Waals surface area contributed by atoms with Gasteiger partial charge in [-0.05, 0) is 51.2 Å². The number of nitrogens with one attached hydrogen (secondary N) is 2. The van der Waals surface area contributed by atoms with Gasteiger partial charge in [-0.3, -0.25) is 4.79 Å². The third-order valence-corrected chi connectivity index (χ3v) is 4.35. The second kappa shape index (κ2) is 8.62. The molecule has 0 bridgehead atoms. The molecule has 1 amide bonds. The van der Waals surface area contributed by atoms with Crippen molar-refractivity contribution < 1.29 is 4.79 Å². The van der Waals surface area contributed by atoms with Crippen molar-refractivity contribution in [1.29, 1.82) is 0 Å². The van der Waals surface area contributed by atoms with E-state index >= 15 is 0 Å². The SMILES string of the molecule is CN(C)CCNc1cnc(C(=O)Nc2ccc(N3CCCC3)cc2)cn1. The van der Waals surface area contributed by atoms with Gasteiger partial charge in [0.2, 0.25) is 0 Å². The van der Waals surface area contributed by atoms with Crippen molar-refractivity contribution in [3.8, 4) is 0 Å². The van der Waals surface area contributed by atoms with Gasteiger partial charge in [0.25, 0.3) is 5.91 Å². The number of rotatable bonds is 7. The van der Waals surface area contributed by atoms with Crippen LogP contribution in [0.25, 0.3) is 0 Å². The normalized spacial score (nSPS) is 13.9. The molecule has 1 fully saturated rings. The lowest BCUT2D eigenvalue weighted by Gasteiger charge is -2.17. The average molecular weight is 354 g/mol. The summed E-state index contributed by atoms with van der Waals surface area (Å²) in [5, 5.41) is 6.04. The van der Waals surface area contributed by atoms with E-state index in [-0.39, 0.29) is 5.91 Å². The molecule has 0 atom stereocenters. The number of hydrogen-bond acceptors (Lipinski definition) is 6. The second-order valence-corrected chi connectivity index (χ2v) is 6.71. The van der Waals surface area contributed by atoms with Crippen LogP contribution in [-0.2, 0) is 0 Å². The fraction of sp³-hybridized carbons (Fsp3) is 0.421. The largest absolute Gasteiger partial charge is 0.372 e. The molecule has 1 aromatic carbocycles. The number of benzene rings is 1. The lowest BCUT2D eigenvalue weighted by molar-refractivity contribution is 0.102. The first kappa shape index (κ1) is 18.1. The van der Waals surface area contributed by atoms with Gasteiger partial charge in [0.1, 0.15) is 11.5 Å². The van der Waals surface area contributed by atoms with Crippen molar-refractivity contribution in [1.82, 2.24) is 14.9 Å². The minimum atomic E-state index is -0.258. The highest BCUT2D eigenvalue weighted by atomic mass is 16.1. The molecule has 0 saturated carbocycles. The van der Waals surface area contributed by atoms with Gasteiger partial charge < -0.3 is 20.4 Å². The van der Waals surface area contributed by atoms with Crippen LogP contribution < -0.4 is 15.5 Å². The summed E-state index contributed by atoms with van der Waals surface area (Å²) in [7, 11) is 4.02. The third kappa shape index (κ3) is 4.92. The van der Waals surface area contributed by atoms with E-state index in [1.807, 2.05) is 38.4 Å². The second-order valence-electron chi connectivity index (χ2n) is 6.71. The van der Waals surface area contributed by atoms with Crippen molar-refractivity contribution in [3.05, 3.63) is 42.4 Å². The predicted octanol–water partition coefficient (Wildman–Crippen LogP) is 2.30. The van der Waals surface area contributed by atoms with E-state index in [2.05, 4.69) is 30.4 Å². The summed E-state index contributed by atoms with van der Waals surface area (Å²) in [6.07, 6.45) is 5.57. The van der Waals surface area contributed by atoms with E-state index < -0.39 is 0 Å². The molecule has 2 N–H and O–H groups in total. The predicted molar refractivity (Wildman–Crippen MR) is 105 cm³/mol. The monoisotopic (exact) mass is 354 g/mol. The van der Waals surface area contributed by atoms with Crippen LogP contribution in [0.2, 0.25) is 0 Å². The molecular weight excluding hydrogens is 328 g/mol. The first-order valence-corrected chi connectivity index (χ1v) is 8.99. The van der Waals surface area contributed by atoms with Crippen LogP contribution in [-0.4, -0.2) is 61.0 Å². The van der Waals surface area contributed by atoms with E-state index in [1.54, 1.807) is 6.20 Å².